The molecule has 0 unspecified atom stereocenters. The normalized spacial score (nSPS) is 29.1. The molecule has 1 nitrogen and oxygen atoms in total. The van der Waals surface area contributed by atoms with Gasteiger partial charge in [-0.05, 0) is 58.4 Å². The van der Waals surface area contributed by atoms with Gasteiger partial charge in [0.15, 0.2) is 0 Å². The van der Waals surface area contributed by atoms with E-state index in [0.29, 0.717) is 6.04 Å². The van der Waals surface area contributed by atoms with Gasteiger partial charge in [0.05, 0.1) is 0 Å². The lowest BCUT2D eigenvalue weighted by atomic mass is 9.79. The summed E-state index contributed by atoms with van der Waals surface area (Å²) in [7, 11) is 2.28. The molecule has 0 N–H and O–H groups in total. The standard InChI is InChI=1S/C13H27N/c1-10(2)12-6-8-13(9-7-12)14(5)11(3)4/h10-13H,6-9H2,1-5H3. The topological polar surface area (TPSA) is 3.24 Å². The van der Waals surface area contributed by atoms with Gasteiger partial charge in [0.1, 0.15) is 0 Å². The van der Waals surface area contributed by atoms with Crippen molar-refractivity contribution in [2.45, 2.75) is 65.5 Å². The van der Waals surface area contributed by atoms with E-state index in [1.807, 2.05) is 0 Å². The van der Waals surface area contributed by atoms with E-state index in [4.69, 9.17) is 0 Å². The summed E-state index contributed by atoms with van der Waals surface area (Å²) >= 11 is 0. The first-order chi connectivity index (χ1) is 6.52. The Labute approximate surface area is 89.9 Å². The lowest BCUT2D eigenvalue weighted by molar-refractivity contribution is 0.122. The third-order valence-electron chi connectivity index (χ3n) is 4.07. The summed E-state index contributed by atoms with van der Waals surface area (Å²) in [5.41, 5.74) is 0. The Morgan fingerprint density at radius 3 is 1.79 bits per heavy atom. The predicted octanol–water partition coefficient (Wildman–Crippen LogP) is 3.54. The van der Waals surface area contributed by atoms with Crippen LogP contribution in [0.2, 0.25) is 0 Å². The molecule has 1 rings (SSSR count). The van der Waals surface area contributed by atoms with Gasteiger partial charge in [-0.2, -0.15) is 0 Å². The Kier molecular flexibility index (Phi) is 4.43. The quantitative estimate of drug-likeness (QED) is 0.669. The molecule has 14 heavy (non-hydrogen) atoms. The fourth-order valence-corrected chi connectivity index (χ4v) is 2.60. The maximum absolute atomic E-state index is 2.55. The van der Waals surface area contributed by atoms with E-state index in [1.165, 1.54) is 25.7 Å². The first kappa shape index (κ1) is 12.0. The maximum Gasteiger partial charge on any atom is 0.00951 e. The zero-order chi connectivity index (χ0) is 10.7. The Bertz CT molecular complexity index is 155. The molecule has 0 aromatic rings. The summed E-state index contributed by atoms with van der Waals surface area (Å²) in [6, 6.07) is 1.56. The molecule has 0 aromatic carbocycles. The minimum absolute atomic E-state index is 0.704. The van der Waals surface area contributed by atoms with Gasteiger partial charge >= 0.3 is 0 Å². The summed E-state index contributed by atoms with van der Waals surface area (Å²) < 4.78 is 0. The minimum Gasteiger partial charge on any atom is -0.301 e. The number of hydrogen-bond donors (Lipinski definition) is 0. The van der Waals surface area contributed by atoms with Crippen molar-refractivity contribution in [2.75, 3.05) is 7.05 Å². The van der Waals surface area contributed by atoms with Crippen molar-refractivity contribution in [1.29, 1.82) is 0 Å². The van der Waals surface area contributed by atoms with Crippen LogP contribution in [-0.4, -0.2) is 24.0 Å². The molecule has 1 aliphatic rings. The molecule has 1 aliphatic carbocycles. The van der Waals surface area contributed by atoms with Crippen LogP contribution < -0.4 is 0 Å². The van der Waals surface area contributed by atoms with E-state index in [9.17, 15) is 0 Å². The third kappa shape index (κ3) is 2.98. The van der Waals surface area contributed by atoms with Gasteiger partial charge in [0.25, 0.3) is 0 Å². The predicted molar refractivity (Wildman–Crippen MR) is 63.5 cm³/mol. The lowest BCUT2D eigenvalue weighted by Gasteiger charge is -2.38. The largest absolute Gasteiger partial charge is 0.301 e. The molecule has 0 amide bonds. The second kappa shape index (κ2) is 5.16. The smallest absolute Gasteiger partial charge is 0.00951 e. The first-order valence-corrected chi connectivity index (χ1v) is 6.24. The van der Waals surface area contributed by atoms with Crippen molar-refractivity contribution in [1.82, 2.24) is 4.90 Å². The number of rotatable bonds is 3. The minimum atomic E-state index is 0.704. The van der Waals surface area contributed by atoms with E-state index in [-0.39, 0.29) is 0 Å². The molecule has 84 valence electrons. The van der Waals surface area contributed by atoms with Crippen LogP contribution in [0.25, 0.3) is 0 Å². The van der Waals surface area contributed by atoms with Gasteiger partial charge in [0.2, 0.25) is 0 Å². The Balaban J connectivity index is 2.35. The van der Waals surface area contributed by atoms with Crippen LogP contribution in [-0.2, 0) is 0 Å². The van der Waals surface area contributed by atoms with Crippen molar-refractivity contribution in [3.05, 3.63) is 0 Å². The molecule has 0 atom stereocenters. The molecule has 0 spiro atoms. The number of hydrogen-bond acceptors (Lipinski definition) is 1. The third-order valence-corrected chi connectivity index (χ3v) is 4.07. The van der Waals surface area contributed by atoms with E-state index in [2.05, 4.69) is 39.6 Å². The molecule has 0 saturated heterocycles. The fourth-order valence-electron chi connectivity index (χ4n) is 2.60. The molecule has 1 heteroatoms. The van der Waals surface area contributed by atoms with Gasteiger partial charge in [-0.15, -0.1) is 0 Å². The molecule has 0 aliphatic heterocycles. The molecule has 1 fully saturated rings. The van der Waals surface area contributed by atoms with Crippen LogP contribution >= 0.6 is 0 Å². The van der Waals surface area contributed by atoms with Crippen LogP contribution in [0.3, 0.4) is 0 Å². The molecular formula is C13H27N. The summed E-state index contributed by atoms with van der Waals surface area (Å²) in [6.07, 6.45) is 5.72. The SMILES string of the molecule is CC(C)C1CCC(N(C)C(C)C)CC1. The van der Waals surface area contributed by atoms with Crippen LogP contribution in [0.5, 0.6) is 0 Å². The van der Waals surface area contributed by atoms with Crippen molar-refractivity contribution in [2.24, 2.45) is 11.8 Å². The second-order valence-corrected chi connectivity index (χ2v) is 5.57. The summed E-state index contributed by atoms with van der Waals surface area (Å²) in [4.78, 5) is 2.55. The zero-order valence-electron chi connectivity index (χ0n) is 10.6. The monoisotopic (exact) mass is 197 g/mol. The van der Waals surface area contributed by atoms with Gasteiger partial charge in [-0.1, -0.05) is 13.8 Å². The van der Waals surface area contributed by atoms with Crippen LogP contribution in [0, 0.1) is 11.8 Å². The highest BCUT2D eigenvalue weighted by atomic mass is 15.1. The van der Waals surface area contributed by atoms with Gasteiger partial charge in [0, 0.05) is 12.1 Å². The average Bonchev–Trinajstić information content (AvgIpc) is 2.16. The first-order valence-electron chi connectivity index (χ1n) is 6.24. The highest BCUT2D eigenvalue weighted by Crippen LogP contribution is 2.32. The van der Waals surface area contributed by atoms with E-state index in [1.54, 1.807) is 0 Å². The van der Waals surface area contributed by atoms with Crippen LogP contribution in [0.4, 0.5) is 0 Å². The average molecular weight is 197 g/mol. The van der Waals surface area contributed by atoms with Gasteiger partial charge in [-0.3, -0.25) is 0 Å². The molecule has 0 bridgehead atoms. The molecule has 0 radical (unpaired) electrons. The van der Waals surface area contributed by atoms with Crippen molar-refractivity contribution in [3.63, 3.8) is 0 Å². The summed E-state index contributed by atoms with van der Waals surface area (Å²) in [5.74, 6) is 1.88. The molecule has 1 saturated carbocycles. The van der Waals surface area contributed by atoms with Gasteiger partial charge < -0.3 is 4.90 Å². The van der Waals surface area contributed by atoms with E-state index >= 15 is 0 Å². The fraction of sp³-hybridized carbons (Fsp3) is 1.00. The van der Waals surface area contributed by atoms with E-state index < -0.39 is 0 Å². The lowest BCUT2D eigenvalue weighted by Crippen LogP contribution is -2.39. The highest BCUT2D eigenvalue weighted by Gasteiger charge is 2.26. The molecular weight excluding hydrogens is 170 g/mol. The molecule has 0 aromatic heterocycles. The highest BCUT2D eigenvalue weighted by molar-refractivity contribution is 4.80. The van der Waals surface area contributed by atoms with Gasteiger partial charge in [-0.25, -0.2) is 0 Å². The summed E-state index contributed by atoms with van der Waals surface area (Å²) in [6.45, 7) is 9.34. The van der Waals surface area contributed by atoms with Crippen LogP contribution in [0.1, 0.15) is 53.4 Å². The van der Waals surface area contributed by atoms with Crippen molar-refractivity contribution >= 4 is 0 Å². The Morgan fingerprint density at radius 2 is 1.43 bits per heavy atom. The second-order valence-electron chi connectivity index (χ2n) is 5.57. The van der Waals surface area contributed by atoms with Crippen molar-refractivity contribution < 1.29 is 0 Å². The Hall–Kier alpha value is -0.0400. The van der Waals surface area contributed by atoms with Crippen LogP contribution in [0.15, 0.2) is 0 Å². The maximum atomic E-state index is 2.55. The summed E-state index contributed by atoms with van der Waals surface area (Å²) in [5, 5.41) is 0. The number of nitrogens with zero attached hydrogens (tertiary/aromatic N) is 1. The Morgan fingerprint density at radius 1 is 0.929 bits per heavy atom. The van der Waals surface area contributed by atoms with Crippen molar-refractivity contribution in [3.8, 4) is 0 Å². The molecule has 0 heterocycles. The zero-order valence-corrected chi connectivity index (χ0v) is 10.6. The van der Waals surface area contributed by atoms with E-state index in [0.717, 1.165) is 17.9 Å².